The summed E-state index contributed by atoms with van der Waals surface area (Å²) in [7, 11) is 3.18. The van der Waals surface area contributed by atoms with Gasteiger partial charge in [0.25, 0.3) is 0 Å². The molecule has 0 bridgehead atoms. The first-order valence-electron chi connectivity index (χ1n) is 8.43. The van der Waals surface area contributed by atoms with Crippen LogP contribution in [0.5, 0.6) is 17.4 Å². The van der Waals surface area contributed by atoms with Crippen LogP contribution in [0, 0.1) is 6.92 Å². The predicted octanol–water partition coefficient (Wildman–Crippen LogP) is 2.38. The molecule has 1 saturated heterocycles. The van der Waals surface area contributed by atoms with E-state index in [-0.39, 0.29) is 12.1 Å². The topological polar surface area (TPSA) is 72.9 Å². The lowest BCUT2D eigenvalue weighted by Gasteiger charge is -2.38. The Morgan fingerprint density at radius 3 is 2.65 bits per heavy atom. The van der Waals surface area contributed by atoms with E-state index in [4.69, 9.17) is 14.2 Å². The minimum Gasteiger partial charge on any atom is -0.493 e. The number of aryl methyl sites for hydroxylation is 1. The van der Waals surface area contributed by atoms with Crippen LogP contribution in [-0.4, -0.2) is 49.3 Å². The van der Waals surface area contributed by atoms with Crippen LogP contribution in [0.1, 0.15) is 11.3 Å². The number of rotatable bonds is 6. The summed E-state index contributed by atoms with van der Waals surface area (Å²) in [5, 5.41) is 2.90. The molecule has 0 spiro atoms. The number of nitrogens with zero attached hydrogens (tertiary/aromatic N) is 2. The fourth-order valence-electron chi connectivity index (χ4n) is 2.71. The Balaban J connectivity index is 1.45. The Morgan fingerprint density at radius 2 is 1.96 bits per heavy atom. The molecule has 1 aromatic heterocycles. The molecule has 1 N–H and O–H groups in total. The Hall–Kier alpha value is -2.96. The zero-order valence-electron chi connectivity index (χ0n) is 15.2. The van der Waals surface area contributed by atoms with Crippen LogP contribution in [0.4, 0.5) is 4.79 Å². The maximum atomic E-state index is 12.2. The highest BCUT2D eigenvalue weighted by atomic mass is 16.5. The van der Waals surface area contributed by atoms with Gasteiger partial charge in [0, 0.05) is 18.3 Å². The number of hydrogen-bond donors (Lipinski definition) is 1. The van der Waals surface area contributed by atoms with Gasteiger partial charge in [-0.1, -0.05) is 12.1 Å². The van der Waals surface area contributed by atoms with E-state index in [0.29, 0.717) is 37.0 Å². The van der Waals surface area contributed by atoms with Crippen molar-refractivity contribution < 1.29 is 19.0 Å². The summed E-state index contributed by atoms with van der Waals surface area (Å²) in [5.41, 5.74) is 1.85. The predicted molar refractivity (Wildman–Crippen MR) is 96.7 cm³/mol. The maximum absolute atomic E-state index is 12.2. The molecule has 0 aliphatic carbocycles. The van der Waals surface area contributed by atoms with Crippen molar-refractivity contribution in [1.82, 2.24) is 15.2 Å². The van der Waals surface area contributed by atoms with E-state index in [0.717, 1.165) is 11.3 Å². The third-order valence-electron chi connectivity index (χ3n) is 4.18. The van der Waals surface area contributed by atoms with Crippen LogP contribution in [0.2, 0.25) is 0 Å². The van der Waals surface area contributed by atoms with Crippen molar-refractivity contribution in [3.05, 3.63) is 47.7 Å². The van der Waals surface area contributed by atoms with E-state index in [1.807, 2.05) is 43.3 Å². The first-order valence-corrected chi connectivity index (χ1v) is 8.43. The molecule has 7 nitrogen and oxygen atoms in total. The molecule has 2 heterocycles. The average Bonchev–Trinajstić information content (AvgIpc) is 2.62. The number of urea groups is 1. The average molecular weight is 357 g/mol. The molecule has 0 radical (unpaired) electrons. The van der Waals surface area contributed by atoms with Gasteiger partial charge in [0.2, 0.25) is 5.88 Å². The molecular formula is C19H23N3O4. The maximum Gasteiger partial charge on any atom is 0.317 e. The second kappa shape index (κ2) is 7.95. The zero-order valence-corrected chi connectivity index (χ0v) is 15.2. The minimum absolute atomic E-state index is 0.0175. The molecule has 7 heteroatoms. The monoisotopic (exact) mass is 357 g/mol. The first-order chi connectivity index (χ1) is 12.6. The van der Waals surface area contributed by atoms with Gasteiger partial charge in [0.1, 0.15) is 6.10 Å². The van der Waals surface area contributed by atoms with Gasteiger partial charge in [-0.2, -0.15) is 0 Å². The Morgan fingerprint density at radius 1 is 1.19 bits per heavy atom. The molecule has 138 valence electrons. The standard InChI is InChI=1S/C19H23N3O4/c1-13-5-4-6-18(21-13)26-15-11-22(12-15)19(23)20-10-14-7-8-16(24-2)17(9-14)25-3/h4-9,15H,10-12H2,1-3H3,(H,20,23). The molecule has 2 aromatic rings. The van der Waals surface area contributed by atoms with Crippen molar-refractivity contribution in [2.45, 2.75) is 19.6 Å². The van der Waals surface area contributed by atoms with E-state index in [2.05, 4.69) is 10.3 Å². The number of nitrogens with one attached hydrogen (secondary N) is 1. The van der Waals surface area contributed by atoms with Crippen LogP contribution < -0.4 is 19.5 Å². The molecule has 1 aliphatic rings. The van der Waals surface area contributed by atoms with Crippen molar-refractivity contribution in [2.75, 3.05) is 27.3 Å². The molecule has 3 rings (SSSR count). The molecule has 0 saturated carbocycles. The lowest BCUT2D eigenvalue weighted by atomic mass is 10.1. The third kappa shape index (κ3) is 4.17. The van der Waals surface area contributed by atoms with Crippen LogP contribution >= 0.6 is 0 Å². The summed E-state index contributed by atoms with van der Waals surface area (Å²) in [6, 6.07) is 11.1. The second-order valence-corrected chi connectivity index (χ2v) is 6.11. The summed E-state index contributed by atoms with van der Waals surface area (Å²) >= 11 is 0. The van der Waals surface area contributed by atoms with Gasteiger partial charge in [-0.3, -0.25) is 0 Å². The van der Waals surface area contributed by atoms with Gasteiger partial charge in [-0.05, 0) is 30.7 Å². The largest absolute Gasteiger partial charge is 0.493 e. The molecule has 1 aliphatic heterocycles. The Kier molecular flexibility index (Phi) is 5.46. The molecule has 2 amide bonds. The lowest BCUT2D eigenvalue weighted by molar-refractivity contribution is 0.0412. The summed E-state index contributed by atoms with van der Waals surface area (Å²) in [5.74, 6) is 1.90. The number of methoxy groups -OCH3 is 2. The summed E-state index contributed by atoms with van der Waals surface area (Å²) < 4.78 is 16.2. The van der Waals surface area contributed by atoms with Crippen molar-refractivity contribution in [3.8, 4) is 17.4 Å². The minimum atomic E-state index is -0.114. The normalized spacial score (nSPS) is 13.7. The van der Waals surface area contributed by atoms with Gasteiger partial charge in [-0.25, -0.2) is 9.78 Å². The molecule has 1 fully saturated rings. The van der Waals surface area contributed by atoms with Crippen molar-refractivity contribution in [3.63, 3.8) is 0 Å². The lowest BCUT2D eigenvalue weighted by Crippen LogP contribution is -2.58. The van der Waals surface area contributed by atoms with E-state index < -0.39 is 0 Å². The SMILES string of the molecule is COc1ccc(CNC(=O)N2CC(Oc3cccc(C)n3)C2)cc1OC. The number of pyridine rings is 1. The molecule has 26 heavy (non-hydrogen) atoms. The smallest absolute Gasteiger partial charge is 0.317 e. The first kappa shape index (κ1) is 17.8. The van der Waals surface area contributed by atoms with E-state index in [1.165, 1.54) is 0 Å². The number of aromatic nitrogens is 1. The van der Waals surface area contributed by atoms with E-state index in [9.17, 15) is 4.79 Å². The summed E-state index contributed by atoms with van der Waals surface area (Å²) in [4.78, 5) is 18.2. The fourth-order valence-corrected chi connectivity index (χ4v) is 2.71. The van der Waals surface area contributed by atoms with Gasteiger partial charge in [-0.15, -0.1) is 0 Å². The van der Waals surface area contributed by atoms with Crippen LogP contribution in [0.25, 0.3) is 0 Å². The van der Waals surface area contributed by atoms with Crippen molar-refractivity contribution in [2.24, 2.45) is 0 Å². The van der Waals surface area contributed by atoms with Gasteiger partial charge in [0.05, 0.1) is 27.3 Å². The second-order valence-electron chi connectivity index (χ2n) is 6.11. The number of ether oxygens (including phenoxy) is 3. The van der Waals surface area contributed by atoms with Gasteiger partial charge >= 0.3 is 6.03 Å². The molecule has 0 atom stereocenters. The quantitative estimate of drug-likeness (QED) is 0.859. The Bertz CT molecular complexity index is 775. The number of amides is 2. The number of benzene rings is 1. The Labute approximate surface area is 152 Å². The number of likely N-dealkylation sites (tertiary alicyclic amines) is 1. The van der Waals surface area contributed by atoms with Gasteiger partial charge < -0.3 is 24.4 Å². The molecular weight excluding hydrogens is 334 g/mol. The number of carbonyl (C=O) groups excluding carboxylic acids is 1. The number of hydrogen-bond acceptors (Lipinski definition) is 5. The highest BCUT2D eigenvalue weighted by Crippen LogP contribution is 2.27. The highest BCUT2D eigenvalue weighted by Gasteiger charge is 2.32. The van der Waals surface area contributed by atoms with Crippen molar-refractivity contribution in [1.29, 1.82) is 0 Å². The zero-order chi connectivity index (χ0) is 18.5. The van der Waals surface area contributed by atoms with Crippen LogP contribution in [0.15, 0.2) is 36.4 Å². The van der Waals surface area contributed by atoms with E-state index in [1.54, 1.807) is 19.1 Å². The fraction of sp³-hybridized carbons (Fsp3) is 0.368. The summed E-state index contributed by atoms with van der Waals surface area (Å²) in [6.45, 7) is 3.43. The third-order valence-corrected chi connectivity index (χ3v) is 4.18. The highest BCUT2D eigenvalue weighted by molar-refractivity contribution is 5.75. The van der Waals surface area contributed by atoms with Crippen LogP contribution in [0.3, 0.4) is 0 Å². The van der Waals surface area contributed by atoms with Crippen molar-refractivity contribution >= 4 is 6.03 Å². The number of carbonyl (C=O) groups is 1. The van der Waals surface area contributed by atoms with Gasteiger partial charge in [0.15, 0.2) is 11.5 Å². The van der Waals surface area contributed by atoms with E-state index >= 15 is 0 Å². The molecule has 1 aromatic carbocycles. The molecule has 0 unspecified atom stereocenters. The van der Waals surface area contributed by atoms with Crippen LogP contribution in [-0.2, 0) is 6.54 Å². The summed E-state index contributed by atoms with van der Waals surface area (Å²) in [6.07, 6.45) is -0.0175.